The highest BCUT2D eigenvalue weighted by Crippen LogP contribution is 2.37. The highest BCUT2D eigenvalue weighted by Gasteiger charge is 2.31. The number of rotatable bonds is 4. The predicted molar refractivity (Wildman–Crippen MR) is 92.3 cm³/mol. The molecule has 0 aliphatic carbocycles. The van der Waals surface area contributed by atoms with Crippen molar-refractivity contribution in [3.63, 3.8) is 0 Å². The maximum atomic E-state index is 12.0. The number of thioether (sulfide) groups is 1. The minimum absolute atomic E-state index is 0.0938. The van der Waals surface area contributed by atoms with Crippen LogP contribution in [0.5, 0.6) is 0 Å². The third-order valence-corrected chi connectivity index (χ3v) is 5.16. The summed E-state index contributed by atoms with van der Waals surface area (Å²) in [4.78, 5) is 12.0. The molecule has 1 aliphatic rings. The topological polar surface area (TPSA) is 66.0 Å². The fourth-order valence-corrected chi connectivity index (χ4v) is 3.70. The van der Waals surface area contributed by atoms with E-state index in [9.17, 15) is 10.1 Å². The van der Waals surface area contributed by atoms with Crippen LogP contribution in [0.25, 0.3) is 0 Å². The van der Waals surface area contributed by atoms with Gasteiger partial charge in [0.1, 0.15) is 5.76 Å². The van der Waals surface area contributed by atoms with Gasteiger partial charge in [0.2, 0.25) is 5.91 Å². The molecule has 6 heteroatoms. The van der Waals surface area contributed by atoms with Crippen molar-refractivity contribution < 1.29 is 9.21 Å². The number of allylic oxidation sites excluding steroid dienone is 1. The third kappa shape index (κ3) is 3.69. The predicted octanol–water partition coefficient (Wildman–Crippen LogP) is 4.31. The van der Waals surface area contributed by atoms with E-state index in [1.807, 2.05) is 24.3 Å². The van der Waals surface area contributed by atoms with E-state index < -0.39 is 0 Å². The van der Waals surface area contributed by atoms with Gasteiger partial charge in [-0.05, 0) is 29.8 Å². The first-order valence-corrected chi connectivity index (χ1v) is 8.80. The first-order valence-electron chi connectivity index (χ1n) is 7.02. The van der Waals surface area contributed by atoms with E-state index in [1.54, 1.807) is 18.4 Å². The third-order valence-electron chi connectivity index (χ3n) is 3.54. The van der Waals surface area contributed by atoms with E-state index in [-0.39, 0.29) is 18.2 Å². The van der Waals surface area contributed by atoms with Gasteiger partial charge in [-0.1, -0.05) is 28.1 Å². The van der Waals surface area contributed by atoms with Gasteiger partial charge in [-0.25, -0.2) is 0 Å². The number of hydrogen-bond donors (Lipinski definition) is 1. The fourth-order valence-electron chi connectivity index (χ4n) is 2.40. The Kier molecular flexibility index (Phi) is 4.89. The number of carbonyl (C=O) groups is 1. The lowest BCUT2D eigenvalue weighted by molar-refractivity contribution is -0.120. The number of benzene rings is 1. The number of halogens is 1. The van der Waals surface area contributed by atoms with Gasteiger partial charge in [0.05, 0.1) is 28.9 Å². The molecule has 2 aromatic rings. The van der Waals surface area contributed by atoms with Crippen molar-refractivity contribution in [3.8, 4) is 6.07 Å². The van der Waals surface area contributed by atoms with Gasteiger partial charge >= 0.3 is 0 Å². The van der Waals surface area contributed by atoms with Crippen LogP contribution in [-0.4, -0.2) is 5.91 Å². The van der Waals surface area contributed by atoms with Gasteiger partial charge in [0.15, 0.2) is 0 Å². The van der Waals surface area contributed by atoms with Gasteiger partial charge < -0.3 is 9.73 Å². The molecule has 4 nitrogen and oxygen atoms in total. The summed E-state index contributed by atoms with van der Waals surface area (Å²) < 4.78 is 6.42. The Balaban J connectivity index is 1.83. The minimum Gasteiger partial charge on any atom is -0.469 e. The Bertz CT molecular complexity index is 776. The number of nitrogens with zero attached hydrogens (tertiary/aromatic N) is 1. The minimum atomic E-state index is -0.309. The van der Waals surface area contributed by atoms with Crippen LogP contribution in [-0.2, 0) is 10.5 Å². The van der Waals surface area contributed by atoms with Crippen molar-refractivity contribution in [2.75, 3.05) is 0 Å². The van der Waals surface area contributed by atoms with Gasteiger partial charge in [0.25, 0.3) is 0 Å². The lowest BCUT2D eigenvalue weighted by Crippen LogP contribution is -2.30. The number of nitriles is 1. The largest absolute Gasteiger partial charge is 0.469 e. The molecule has 1 aromatic heterocycles. The summed E-state index contributed by atoms with van der Waals surface area (Å²) in [7, 11) is 0. The van der Waals surface area contributed by atoms with Crippen LogP contribution >= 0.6 is 27.7 Å². The van der Waals surface area contributed by atoms with E-state index in [0.29, 0.717) is 22.1 Å². The average molecular weight is 389 g/mol. The summed E-state index contributed by atoms with van der Waals surface area (Å²) in [6, 6.07) is 13.8. The normalized spacial score (nSPS) is 17.7. The number of amides is 1. The zero-order valence-electron chi connectivity index (χ0n) is 12.1. The molecule has 0 fully saturated rings. The molecule has 1 aromatic carbocycles. The molecule has 0 saturated carbocycles. The summed E-state index contributed by atoms with van der Waals surface area (Å²) in [5.41, 5.74) is 1.68. The second-order valence-corrected chi connectivity index (χ2v) is 6.99. The molecular weight excluding hydrogens is 376 g/mol. The lowest BCUT2D eigenvalue weighted by Gasteiger charge is -2.23. The zero-order valence-corrected chi connectivity index (χ0v) is 14.5. The van der Waals surface area contributed by atoms with Crippen LogP contribution in [0.1, 0.15) is 23.7 Å². The highest BCUT2D eigenvalue weighted by atomic mass is 79.9. The summed E-state index contributed by atoms with van der Waals surface area (Å²) in [6.07, 6.45) is 1.80. The van der Waals surface area contributed by atoms with Gasteiger partial charge in [-0.15, -0.1) is 11.8 Å². The number of carbonyl (C=O) groups excluding carboxylic acids is 1. The average Bonchev–Trinajstić information content (AvgIpc) is 3.08. The quantitative estimate of drug-likeness (QED) is 0.846. The van der Waals surface area contributed by atoms with Crippen LogP contribution in [0.15, 0.2) is 62.2 Å². The molecule has 0 unspecified atom stereocenters. The smallest absolute Gasteiger partial charge is 0.225 e. The molecule has 0 spiro atoms. The summed E-state index contributed by atoms with van der Waals surface area (Å²) >= 11 is 4.87. The summed E-state index contributed by atoms with van der Waals surface area (Å²) in [5.74, 6) is 0.928. The molecule has 0 bridgehead atoms. The molecule has 2 heterocycles. The van der Waals surface area contributed by atoms with E-state index in [2.05, 4.69) is 27.3 Å². The van der Waals surface area contributed by atoms with Crippen molar-refractivity contribution in [3.05, 3.63) is 69.1 Å². The molecule has 0 saturated heterocycles. The fraction of sp³-hybridized carbons (Fsp3) is 0.176. The first-order chi connectivity index (χ1) is 11.2. The Labute approximate surface area is 146 Å². The van der Waals surface area contributed by atoms with E-state index in [4.69, 9.17) is 4.42 Å². The molecular formula is C17H13BrN2O2S. The van der Waals surface area contributed by atoms with Crippen molar-refractivity contribution in [2.24, 2.45) is 0 Å². The highest BCUT2D eigenvalue weighted by molar-refractivity contribution is 9.10. The molecule has 23 heavy (non-hydrogen) atoms. The second kappa shape index (κ2) is 7.07. The van der Waals surface area contributed by atoms with Crippen molar-refractivity contribution in [1.29, 1.82) is 5.26 Å². The SMILES string of the molecule is N#CC1=C(SCc2ccc(Br)cc2)NC(=O)C[C@H]1c1ccco1. The Hall–Kier alpha value is -1.97. The molecule has 3 rings (SSSR count). The monoisotopic (exact) mass is 388 g/mol. The molecule has 1 amide bonds. The number of nitrogens with one attached hydrogen (secondary N) is 1. The van der Waals surface area contributed by atoms with E-state index in [1.165, 1.54) is 11.8 Å². The molecule has 116 valence electrons. The first kappa shape index (κ1) is 15.9. The molecule has 0 radical (unpaired) electrons. The standard InChI is InChI=1S/C17H13BrN2O2S/c18-12-5-3-11(4-6-12)10-23-17-14(9-19)13(8-16(21)20-17)15-2-1-7-22-15/h1-7,13H,8,10H2,(H,20,21)/t13-/m1/s1. The number of furan rings is 1. The molecule has 1 atom stereocenters. The van der Waals surface area contributed by atoms with Crippen LogP contribution in [0.3, 0.4) is 0 Å². The maximum absolute atomic E-state index is 12.0. The van der Waals surface area contributed by atoms with Crippen LogP contribution in [0.2, 0.25) is 0 Å². The van der Waals surface area contributed by atoms with Gasteiger partial charge in [-0.2, -0.15) is 5.26 Å². The molecule has 1 N–H and O–H groups in total. The number of hydrogen-bond acceptors (Lipinski definition) is 4. The Morgan fingerprint density at radius 1 is 1.35 bits per heavy atom. The van der Waals surface area contributed by atoms with Crippen molar-refractivity contribution in [2.45, 2.75) is 18.1 Å². The van der Waals surface area contributed by atoms with Crippen LogP contribution in [0.4, 0.5) is 0 Å². The van der Waals surface area contributed by atoms with Crippen LogP contribution in [0, 0.1) is 11.3 Å². The van der Waals surface area contributed by atoms with Crippen molar-refractivity contribution in [1.82, 2.24) is 5.32 Å². The second-order valence-electron chi connectivity index (χ2n) is 5.09. The summed E-state index contributed by atoms with van der Waals surface area (Å²) in [6.45, 7) is 0. The molecule has 1 aliphatic heterocycles. The Morgan fingerprint density at radius 2 is 2.13 bits per heavy atom. The van der Waals surface area contributed by atoms with E-state index >= 15 is 0 Å². The van der Waals surface area contributed by atoms with Crippen molar-refractivity contribution >= 4 is 33.6 Å². The Morgan fingerprint density at radius 3 is 2.78 bits per heavy atom. The lowest BCUT2D eigenvalue weighted by atomic mass is 9.92. The van der Waals surface area contributed by atoms with Gasteiger partial charge in [-0.3, -0.25) is 4.79 Å². The van der Waals surface area contributed by atoms with Crippen LogP contribution < -0.4 is 5.32 Å². The maximum Gasteiger partial charge on any atom is 0.225 e. The van der Waals surface area contributed by atoms with Gasteiger partial charge in [0, 0.05) is 16.6 Å². The summed E-state index contributed by atoms with van der Waals surface area (Å²) in [5, 5.41) is 13.0. The zero-order chi connectivity index (χ0) is 16.2. The van der Waals surface area contributed by atoms with E-state index in [0.717, 1.165) is 10.0 Å².